The highest BCUT2D eigenvalue weighted by atomic mass is 19.1. The fourth-order valence-corrected chi connectivity index (χ4v) is 1.85. The number of nitrogens with zero attached hydrogens (tertiary/aromatic N) is 2. The molecule has 4 heteroatoms. The van der Waals surface area contributed by atoms with Crippen LogP contribution in [0.1, 0.15) is 25.1 Å². The van der Waals surface area contributed by atoms with Gasteiger partial charge in [-0.2, -0.15) is 0 Å². The molecule has 90 valence electrons. The fraction of sp³-hybridized carbons (Fsp3) is 0.308. The number of benzene rings is 1. The number of rotatable bonds is 2. The summed E-state index contributed by atoms with van der Waals surface area (Å²) in [5.74, 6) is -0.236. The second kappa shape index (κ2) is 3.96. The Morgan fingerprint density at radius 2 is 2.06 bits per heavy atom. The number of hydrogen-bond acceptors (Lipinski definition) is 2. The molecule has 0 aliphatic heterocycles. The van der Waals surface area contributed by atoms with E-state index in [1.807, 2.05) is 25.3 Å². The van der Waals surface area contributed by atoms with Crippen LogP contribution in [0.15, 0.2) is 30.7 Å². The monoisotopic (exact) mass is 233 g/mol. The molecule has 0 bridgehead atoms. The van der Waals surface area contributed by atoms with Gasteiger partial charge in [-0.05, 0) is 44.5 Å². The molecule has 1 aromatic heterocycles. The van der Waals surface area contributed by atoms with Gasteiger partial charge in [-0.1, -0.05) is 0 Å². The smallest absolute Gasteiger partial charge is 0.123 e. The Morgan fingerprint density at radius 3 is 2.65 bits per heavy atom. The van der Waals surface area contributed by atoms with E-state index in [9.17, 15) is 4.39 Å². The van der Waals surface area contributed by atoms with Crippen LogP contribution in [0.4, 0.5) is 4.39 Å². The first-order chi connectivity index (χ1) is 7.89. The Morgan fingerprint density at radius 1 is 1.35 bits per heavy atom. The molecule has 2 N–H and O–H groups in total. The van der Waals surface area contributed by atoms with Gasteiger partial charge in [-0.25, -0.2) is 9.37 Å². The number of aromatic nitrogens is 2. The summed E-state index contributed by atoms with van der Waals surface area (Å²) in [6, 6.07) is 4.68. The first-order valence-corrected chi connectivity index (χ1v) is 5.48. The van der Waals surface area contributed by atoms with Crippen molar-refractivity contribution in [3.8, 4) is 5.69 Å². The number of aryl methyl sites for hydroxylation is 1. The first kappa shape index (κ1) is 11.8. The number of hydrogen-bond donors (Lipinski definition) is 1. The summed E-state index contributed by atoms with van der Waals surface area (Å²) in [6.45, 7) is 5.70. The van der Waals surface area contributed by atoms with E-state index in [1.54, 1.807) is 18.6 Å². The minimum absolute atomic E-state index is 0.236. The van der Waals surface area contributed by atoms with Crippen LogP contribution < -0.4 is 5.73 Å². The largest absolute Gasteiger partial charge is 0.321 e. The highest BCUT2D eigenvalue weighted by Crippen LogP contribution is 2.23. The minimum atomic E-state index is -0.489. The Hall–Kier alpha value is -1.68. The van der Waals surface area contributed by atoms with Crippen LogP contribution >= 0.6 is 0 Å². The second-order valence-corrected chi connectivity index (χ2v) is 4.80. The van der Waals surface area contributed by atoms with Crippen LogP contribution in [0.2, 0.25) is 0 Å². The SMILES string of the molecule is Cc1cc(F)ccc1-n1cncc1C(C)(C)N. The molecule has 2 aromatic rings. The van der Waals surface area contributed by atoms with Gasteiger partial charge in [0.15, 0.2) is 0 Å². The van der Waals surface area contributed by atoms with Crippen molar-refractivity contribution in [2.24, 2.45) is 5.73 Å². The molecule has 0 atom stereocenters. The van der Waals surface area contributed by atoms with Crippen LogP contribution in [0.25, 0.3) is 5.69 Å². The quantitative estimate of drug-likeness (QED) is 0.866. The third-order valence-corrected chi connectivity index (χ3v) is 2.72. The Kier molecular flexibility index (Phi) is 2.75. The topological polar surface area (TPSA) is 43.8 Å². The molecule has 17 heavy (non-hydrogen) atoms. The molecule has 0 unspecified atom stereocenters. The molecule has 0 spiro atoms. The third kappa shape index (κ3) is 2.22. The minimum Gasteiger partial charge on any atom is -0.321 e. The number of nitrogens with two attached hydrogens (primary N) is 1. The summed E-state index contributed by atoms with van der Waals surface area (Å²) >= 11 is 0. The van der Waals surface area contributed by atoms with Gasteiger partial charge in [0, 0.05) is 5.69 Å². The van der Waals surface area contributed by atoms with Gasteiger partial charge < -0.3 is 10.3 Å². The van der Waals surface area contributed by atoms with Crippen molar-refractivity contribution in [1.82, 2.24) is 9.55 Å². The lowest BCUT2D eigenvalue weighted by Gasteiger charge is -2.21. The molecule has 0 amide bonds. The van der Waals surface area contributed by atoms with E-state index in [2.05, 4.69) is 4.98 Å². The van der Waals surface area contributed by atoms with E-state index >= 15 is 0 Å². The molecular formula is C13H16FN3. The van der Waals surface area contributed by atoms with Gasteiger partial charge in [0.05, 0.1) is 23.8 Å². The van der Waals surface area contributed by atoms with Gasteiger partial charge in [0.25, 0.3) is 0 Å². The highest BCUT2D eigenvalue weighted by Gasteiger charge is 2.20. The van der Waals surface area contributed by atoms with Gasteiger partial charge >= 0.3 is 0 Å². The lowest BCUT2D eigenvalue weighted by molar-refractivity contribution is 0.524. The number of halogens is 1. The van der Waals surface area contributed by atoms with Gasteiger partial charge in [-0.3, -0.25) is 0 Å². The zero-order chi connectivity index (χ0) is 12.6. The normalized spacial score (nSPS) is 11.8. The standard InChI is InChI=1S/C13H16FN3/c1-9-6-10(14)4-5-11(9)17-8-16-7-12(17)13(2,3)15/h4-8H,15H2,1-3H3. The summed E-state index contributed by atoms with van der Waals surface area (Å²) in [7, 11) is 0. The van der Waals surface area contributed by atoms with Gasteiger partial charge in [-0.15, -0.1) is 0 Å². The van der Waals surface area contributed by atoms with Crippen molar-refractivity contribution in [3.05, 3.63) is 47.8 Å². The molecule has 0 saturated carbocycles. The lowest BCUT2D eigenvalue weighted by Crippen LogP contribution is -2.31. The molecule has 0 aliphatic rings. The van der Waals surface area contributed by atoms with Crippen molar-refractivity contribution in [2.45, 2.75) is 26.3 Å². The summed E-state index contributed by atoms with van der Waals surface area (Å²) in [5.41, 5.74) is 8.25. The lowest BCUT2D eigenvalue weighted by atomic mass is 10.0. The molecule has 0 saturated heterocycles. The highest BCUT2D eigenvalue weighted by molar-refractivity contribution is 5.42. The second-order valence-electron chi connectivity index (χ2n) is 4.80. The third-order valence-electron chi connectivity index (χ3n) is 2.72. The van der Waals surface area contributed by atoms with E-state index in [1.165, 1.54) is 12.1 Å². The van der Waals surface area contributed by atoms with Gasteiger partial charge in [0.2, 0.25) is 0 Å². The maximum Gasteiger partial charge on any atom is 0.123 e. The van der Waals surface area contributed by atoms with Crippen molar-refractivity contribution in [1.29, 1.82) is 0 Å². The van der Waals surface area contributed by atoms with Crippen LogP contribution in [-0.2, 0) is 5.54 Å². The van der Waals surface area contributed by atoms with Gasteiger partial charge in [0.1, 0.15) is 5.82 Å². The van der Waals surface area contributed by atoms with Crippen LogP contribution in [0.5, 0.6) is 0 Å². The van der Waals surface area contributed by atoms with Crippen molar-refractivity contribution in [2.75, 3.05) is 0 Å². The average molecular weight is 233 g/mol. The zero-order valence-corrected chi connectivity index (χ0v) is 10.2. The molecule has 3 nitrogen and oxygen atoms in total. The maximum absolute atomic E-state index is 13.1. The molecule has 0 fully saturated rings. The number of imidazole rings is 1. The zero-order valence-electron chi connectivity index (χ0n) is 10.2. The predicted octanol–water partition coefficient (Wildman–Crippen LogP) is 2.51. The molecule has 2 rings (SSSR count). The molecule has 0 aliphatic carbocycles. The fourth-order valence-electron chi connectivity index (χ4n) is 1.85. The summed E-state index contributed by atoms with van der Waals surface area (Å²) in [6.07, 6.45) is 3.44. The first-order valence-electron chi connectivity index (χ1n) is 5.48. The van der Waals surface area contributed by atoms with E-state index in [4.69, 9.17) is 5.73 Å². The molecule has 1 heterocycles. The Balaban J connectivity index is 2.58. The maximum atomic E-state index is 13.1. The van der Waals surface area contributed by atoms with E-state index in [0.717, 1.165) is 16.9 Å². The summed E-state index contributed by atoms with van der Waals surface area (Å²) in [4.78, 5) is 4.12. The Bertz CT molecular complexity index is 538. The molecule has 0 radical (unpaired) electrons. The molecule has 1 aromatic carbocycles. The van der Waals surface area contributed by atoms with E-state index in [0.29, 0.717) is 0 Å². The van der Waals surface area contributed by atoms with E-state index < -0.39 is 5.54 Å². The summed E-state index contributed by atoms with van der Waals surface area (Å²) in [5, 5.41) is 0. The average Bonchev–Trinajstić information content (AvgIpc) is 2.65. The van der Waals surface area contributed by atoms with Crippen molar-refractivity contribution in [3.63, 3.8) is 0 Å². The van der Waals surface area contributed by atoms with Crippen LogP contribution in [0, 0.1) is 12.7 Å². The Labute approximate surface area is 100 Å². The van der Waals surface area contributed by atoms with Crippen molar-refractivity contribution < 1.29 is 4.39 Å². The van der Waals surface area contributed by atoms with Crippen LogP contribution in [-0.4, -0.2) is 9.55 Å². The van der Waals surface area contributed by atoms with Crippen molar-refractivity contribution >= 4 is 0 Å². The predicted molar refractivity (Wildman–Crippen MR) is 65.5 cm³/mol. The van der Waals surface area contributed by atoms with Crippen LogP contribution in [0.3, 0.4) is 0 Å². The van der Waals surface area contributed by atoms with E-state index in [-0.39, 0.29) is 5.82 Å². The summed E-state index contributed by atoms with van der Waals surface area (Å²) < 4.78 is 15.0. The molecular weight excluding hydrogens is 217 g/mol.